The van der Waals surface area contributed by atoms with Crippen molar-refractivity contribution in [1.29, 1.82) is 0 Å². The maximum Gasteiger partial charge on any atom is 0.161 e. The van der Waals surface area contributed by atoms with Gasteiger partial charge in [-0.25, -0.2) is 4.98 Å². The van der Waals surface area contributed by atoms with Gasteiger partial charge in [0.15, 0.2) is 5.58 Å². The molecule has 0 unspecified atom stereocenters. The predicted octanol–water partition coefficient (Wildman–Crippen LogP) is 13.4. The lowest BCUT2D eigenvalue weighted by atomic mass is 9.84. The maximum atomic E-state index is 6.53. The molecule has 0 amide bonds. The predicted molar refractivity (Wildman–Crippen MR) is 218 cm³/mol. The lowest BCUT2D eigenvalue weighted by Crippen LogP contribution is -2.12. The van der Waals surface area contributed by atoms with Gasteiger partial charge < -0.3 is 9.73 Å². The molecule has 52 heavy (non-hydrogen) atoms. The number of benzene rings is 5. The molecule has 1 N–H and O–H groups in total. The molecular weight excluding hydrogens is 635 g/mol. The quantitative estimate of drug-likeness (QED) is 0.190. The number of anilines is 2. The Bertz CT molecular complexity index is 2500. The normalized spacial score (nSPS) is 12.0. The Balaban J connectivity index is 1.34. The van der Waals surface area contributed by atoms with Gasteiger partial charge >= 0.3 is 0 Å². The third-order valence-electron chi connectivity index (χ3n) is 9.87. The zero-order chi connectivity index (χ0) is 36.0. The van der Waals surface area contributed by atoms with E-state index in [1.165, 1.54) is 11.1 Å². The zero-order valence-corrected chi connectivity index (χ0v) is 30.7. The number of para-hydroxylation sites is 1. The van der Waals surface area contributed by atoms with Gasteiger partial charge in [-0.1, -0.05) is 133 Å². The van der Waals surface area contributed by atoms with E-state index in [-0.39, 0.29) is 10.8 Å². The average molecular weight is 678 g/mol. The number of rotatable bonds is 6. The van der Waals surface area contributed by atoms with Crippen LogP contribution in [0.1, 0.15) is 52.7 Å². The van der Waals surface area contributed by atoms with Gasteiger partial charge in [-0.15, -0.1) is 0 Å². The van der Waals surface area contributed by atoms with E-state index in [9.17, 15) is 0 Å². The molecule has 0 bridgehead atoms. The molecule has 0 fully saturated rings. The maximum absolute atomic E-state index is 6.53. The zero-order valence-electron chi connectivity index (χ0n) is 30.7. The molecule has 0 aliphatic carbocycles. The van der Waals surface area contributed by atoms with Gasteiger partial charge in [-0.05, 0) is 81.6 Å². The number of pyridine rings is 2. The van der Waals surface area contributed by atoms with Crippen LogP contribution < -0.4 is 5.32 Å². The first-order chi connectivity index (χ1) is 25.0. The van der Waals surface area contributed by atoms with E-state index in [1.54, 1.807) is 0 Å². The van der Waals surface area contributed by atoms with Gasteiger partial charge in [-0.2, -0.15) is 0 Å². The standard InChI is InChI=1S/C48H43N3O/c1-47(2,3)34-21-23-40(38(29-34)43-28-33(31-15-9-7-10-16-31)27-42(51-43)32-17-11-8-12-18-32)50-41-24-22-35(48(4,5)6)30-39(41)45-46-37(25-26-49-45)36-19-13-14-20-44(36)52-46/h7-30,50H,1-6H3. The summed E-state index contributed by atoms with van der Waals surface area (Å²) in [5.74, 6) is 0. The second kappa shape index (κ2) is 13.0. The van der Waals surface area contributed by atoms with E-state index in [0.717, 1.165) is 78.2 Å². The van der Waals surface area contributed by atoms with Crippen molar-refractivity contribution in [3.63, 3.8) is 0 Å². The number of hydrogen-bond donors (Lipinski definition) is 1. The molecule has 0 spiro atoms. The fourth-order valence-electron chi connectivity index (χ4n) is 6.86. The Morgan fingerprint density at radius 2 is 1.08 bits per heavy atom. The van der Waals surface area contributed by atoms with E-state index in [4.69, 9.17) is 14.4 Å². The summed E-state index contributed by atoms with van der Waals surface area (Å²) < 4.78 is 6.53. The SMILES string of the molecule is CC(C)(C)c1ccc(Nc2ccc(C(C)(C)C)cc2-c2nccc3c2oc2ccccc23)c(-c2cc(-c3ccccc3)cc(-c3ccccc3)n2)c1. The van der Waals surface area contributed by atoms with Gasteiger partial charge in [0, 0.05) is 45.0 Å². The molecule has 256 valence electrons. The fourth-order valence-corrected chi connectivity index (χ4v) is 6.86. The van der Waals surface area contributed by atoms with E-state index < -0.39 is 0 Å². The van der Waals surface area contributed by atoms with Gasteiger partial charge in [-0.3, -0.25) is 4.98 Å². The first-order valence-electron chi connectivity index (χ1n) is 18.0. The third-order valence-corrected chi connectivity index (χ3v) is 9.87. The van der Waals surface area contributed by atoms with Gasteiger partial charge in [0.1, 0.15) is 11.3 Å². The Kier molecular flexibility index (Phi) is 8.26. The number of aromatic nitrogens is 2. The molecule has 0 aliphatic heterocycles. The minimum absolute atomic E-state index is 0.0625. The van der Waals surface area contributed by atoms with Crippen LogP contribution in [0.4, 0.5) is 11.4 Å². The van der Waals surface area contributed by atoms with Crippen molar-refractivity contribution < 1.29 is 4.42 Å². The summed E-state index contributed by atoms with van der Waals surface area (Å²) in [5, 5.41) is 6.03. The smallest absolute Gasteiger partial charge is 0.161 e. The highest BCUT2D eigenvalue weighted by Gasteiger charge is 2.23. The highest BCUT2D eigenvalue weighted by atomic mass is 16.3. The molecule has 0 radical (unpaired) electrons. The van der Waals surface area contributed by atoms with E-state index in [1.807, 2.05) is 30.5 Å². The number of fused-ring (bicyclic) bond motifs is 3. The molecule has 0 atom stereocenters. The lowest BCUT2D eigenvalue weighted by molar-refractivity contribution is 0.590. The second-order valence-electron chi connectivity index (χ2n) is 15.6. The molecular formula is C48H43N3O. The molecule has 4 heteroatoms. The average Bonchev–Trinajstić information content (AvgIpc) is 3.54. The van der Waals surface area contributed by atoms with Crippen molar-refractivity contribution >= 4 is 33.3 Å². The van der Waals surface area contributed by atoms with Crippen LogP contribution >= 0.6 is 0 Å². The first-order valence-corrected chi connectivity index (χ1v) is 18.0. The lowest BCUT2D eigenvalue weighted by Gasteiger charge is -2.24. The number of furan rings is 1. The van der Waals surface area contributed by atoms with Gasteiger partial charge in [0.05, 0.1) is 11.4 Å². The summed E-state index contributed by atoms with van der Waals surface area (Å²) in [5.41, 5.74) is 13.9. The Hall–Kier alpha value is -6.00. The molecule has 8 aromatic rings. The van der Waals surface area contributed by atoms with Crippen molar-refractivity contribution in [3.05, 3.63) is 157 Å². The van der Waals surface area contributed by atoms with Crippen molar-refractivity contribution in [2.24, 2.45) is 0 Å². The second-order valence-corrected chi connectivity index (χ2v) is 15.6. The number of nitrogens with zero attached hydrogens (tertiary/aromatic N) is 2. The first kappa shape index (κ1) is 33.2. The summed E-state index contributed by atoms with van der Waals surface area (Å²) in [7, 11) is 0. The summed E-state index contributed by atoms with van der Waals surface area (Å²) in [6.07, 6.45) is 1.89. The molecule has 3 aromatic heterocycles. The Morgan fingerprint density at radius 1 is 0.500 bits per heavy atom. The summed E-state index contributed by atoms with van der Waals surface area (Å²) in [4.78, 5) is 10.3. The van der Waals surface area contributed by atoms with Crippen LogP contribution in [0.25, 0.3) is 66.8 Å². The molecule has 8 rings (SSSR count). The van der Waals surface area contributed by atoms with Crippen molar-refractivity contribution in [2.75, 3.05) is 5.32 Å². The van der Waals surface area contributed by atoms with Crippen LogP contribution in [0.3, 0.4) is 0 Å². The van der Waals surface area contributed by atoms with Crippen LogP contribution in [0.15, 0.2) is 150 Å². The van der Waals surface area contributed by atoms with Crippen molar-refractivity contribution in [2.45, 2.75) is 52.4 Å². The summed E-state index contributed by atoms with van der Waals surface area (Å²) >= 11 is 0. The highest BCUT2D eigenvalue weighted by molar-refractivity contribution is 6.09. The number of hydrogen-bond acceptors (Lipinski definition) is 4. The largest absolute Gasteiger partial charge is 0.454 e. The minimum atomic E-state index is -0.0653. The van der Waals surface area contributed by atoms with Crippen LogP contribution in [0.5, 0.6) is 0 Å². The molecule has 3 heterocycles. The van der Waals surface area contributed by atoms with E-state index in [0.29, 0.717) is 0 Å². The van der Waals surface area contributed by atoms with Crippen LogP contribution in [-0.4, -0.2) is 9.97 Å². The Labute approximate surface area is 306 Å². The van der Waals surface area contributed by atoms with Crippen LogP contribution in [0, 0.1) is 0 Å². The van der Waals surface area contributed by atoms with Crippen LogP contribution in [-0.2, 0) is 10.8 Å². The summed E-state index contributed by atoms with van der Waals surface area (Å²) in [6, 6.07) is 49.0. The van der Waals surface area contributed by atoms with Crippen molar-refractivity contribution in [3.8, 4) is 44.9 Å². The topological polar surface area (TPSA) is 51.0 Å². The fraction of sp³-hybridized carbons (Fsp3) is 0.167. The van der Waals surface area contributed by atoms with Crippen molar-refractivity contribution in [1.82, 2.24) is 9.97 Å². The molecule has 0 aliphatic rings. The number of nitrogens with one attached hydrogen (secondary N) is 1. The summed E-state index contributed by atoms with van der Waals surface area (Å²) in [6.45, 7) is 13.5. The molecule has 0 saturated carbocycles. The van der Waals surface area contributed by atoms with Gasteiger partial charge in [0.2, 0.25) is 0 Å². The Morgan fingerprint density at radius 3 is 1.75 bits per heavy atom. The van der Waals surface area contributed by atoms with E-state index in [2.05, 4.69) is 162 Å². The molecule has 4 nitrogen and oxygen atoms in total. The molecule has 0 saturated heterocycles. The third kappa shape index (κ3) is 6.37. The van der Waals surface area contributed by atoms with E-state index >= 15 is 0 Å². The van der Waals surface area contributed by atoms with Crippen LogP contribution in [0.2, 0.25) is 0 Å². The highest BCUT2D eigenvalue weighted by Crippen LogP contribution is 2.42. The van der Waals surface area contributed by atoms with Gasteiger partial charge in [0.25, 0.3) is 0 Å². The monoisotopic (exact) mass is 677 g/mol. The minimum Gasteiger partial charge on any atom is -0.454 e. The molecule has 5 aromatic carbocycles.